The third kappa shape index (κ3) is 2.40. The van der Waals surface area contributed by atoms with Crippen LogP contribution in [0.5, 0.6) is 0 Å². The molecule has 1 N–H and O–H groups in total. The molecular weight excluding hydrogens is 285 g/mol. The van der Waals surface area contributed by atoms with Crippen molar-refractivity contribution < 1.29 is 4.79 Å². The van der Waals surface area contributed by atoms with E-state index in [4.69, 9.17) is 35.4 Å². The Bertz CT molecular complexity index is 514. The number of rotatable bonds is 1. The number of benzene rings is 1. The monoisotopic (exact) mass is 289 g/mol. The Morgan fingerprint density at radius 1 is 1.38 bits per heavy atom. The molecule has 1 amide bonds. The highest BCUT2D eigenvalue weighted by Crippen LogP contribution is 2.31. The highest BCUT2D eigenvalue weighted by Gasteiger charge is 2.22. The molecule has 1 aromatic carbocycles. The minimum atomic E-state index is -0.203. The van der Waals surface area contributed by atoms with Crippen LogP contribution in [-0.2, 0) is 4.79 Å². The zero-order valence-electron chi connectivity index (χ0n) is 7.79. The van der Waals surface area contributed by atoms with Crippen molar-refractivity contribution >= 4 is 63.5 Å². The second-order valence-corrected chi connectivity index (χ2v) is 5.50. The zero-order valence-corrected chi connectivity index (χ0v) is 10.9. The third-order valence-corrected chi connectivity index (χ3v) is 3.91. The summed E-state index contributed by atoms with van der Waals surface area (Å²) in [7, 11) is 0. The predicted molar refractivity (Wildman–Crippen MR) is 72.8 cm³/mol. The fourth-order valence-electron chi connectivity index (χ4n) is 1.19. The first-order valence-corrected chi connectivity index (χ1v) is 6.25. The van der Waals surface area contributed by atoms with E-state index >= 15 is 0 Å². The summed E-state index contributed by atoms with van der Waals surface area (Å²) in [4.78, 5) is 11.9. The molecule has 0 unspecified atom stereocenters. The van der Waals surface area contributed by atoms with E-state index in [0.717, 1.165) is 0 Å². The fourth-order valence-corrected chi connectivity index (χ4v) is 2.59. The van der Waals surface area contributed by atoms with Crippen LogP contribution in [0.4, 0.5) is 0 Å². The molecule has 1 aliphatic heterocycles. The van der Waals surface area contributed by atoms with Crippen molar-refractivity contribution in [1.29, 1.82) is 0 Å². The molecule has 82 valence electrons. The van der Waals surface area contributed by atoms with Gasteiger partial charge in [0.1, 0.15) is 4.32 Å². The van der Waals surface area contributed by atoms with Gasteiger partial charge in [-0.1, -0.05) is 59.3 Å². The van der Waals surface area contributed by atoms with Gasteiger partial charge in [-0.2, -0.15) is 0 Å². The van der Waals surface area contributed by atoms with Gasteiger partial charge >= 0.3 is 0 Å². The smallest absolute Gasteiger partial charge is 0.263 e. The molecule has 1 aliphatic rings. The molecule has 0 aromatic heterocycles. The van der Waals surface area contributed by atoms with Gasteiger partial charge in [0, 0.05) is 0 Å². The van der Waals surface area contributed by atoms with Gasteiger partial charge in [0.05, 0.1) is 15.0 Å². The minimum Gasteiger partial charge on any atom is -0.307 e. The first-order chi connectivity index (χ1) is 7.58. The van der Waals surface area contributed by atoms with Crippen molar-refractivity contribution in [1.82, 2.24) is 5.32 Å². The molecule has 0 aliphatic carbocycles. The Morgan fingerprint density at radius 3 is 2.75 bits per heavy atom. The summed E-state index contributed by atoms with van der Waals surface area (Å²) < 4.78 is 0.453. The van der Waals surface area contributed by atoms with Crippen LogP contribution in [0.1, 0.15) is 5.56 Å². The van der Waals surface area contributed by atoms with Gasteiger partial charge in [0.2, 0.25) is 0 Å². The number of halogens is 2. The molecule has 1 aromatic rings. The summed E-state index contributed by atoms with van der Waals surface area (Å²) in [6.45, 7) is 0. The number of nitrogens with one attached hydrogen (secondary N) is 1. The van der Waals surface area contributed by atoms with Crippen molar-refractivity contribution in [3.63, 3.8) is 0 Å². The number of carbonyl (C=O) groups excluding carboxylic acids is 1. The quantitative estimate of drug-likeness (QED) is 0.634. The number of thioether (sulfide) groups is 1. The van der Waals surface area contributed by atoms with Crippen LogP contribution >= 0.6 is 47.2 Å². The van der Waals surface area contributed by atoms with E-state index in [-0.39, 0.29) is 5.91 Å². The van der Waals surface area contributed by atoms with E-state index in [1.54, 1.807) is 24.3 Å². The summed E-state index contributed by atoms with van der Waals surface area (Å²) in [5, 5.41) is 3.43. The van der Waals surface area contributed by atoms with E-state index < -0.39 is 0 Å². The van der Waals surface area contributed by atoms with Gasteiger partial charge in [-0.05, 0) is 17.7 Å². The van der Waals surface area contributed by atoms with Gasteiger partial charge in [0.25, 0.3) is 5.91 Å². The average molecular weight is 290 g/mol. The summed E-state index contributed by atoms with van der Waals surface area (Å²) >= 11 is 18.0. The Labute approximate surface area is 112 Å². The van der Waals surface area contributed by atoms with Crippen LogP contribution in [0, 0.1) is 0 Å². The average Bonchev–Trinajstić information content (AvgIpc) is 2.53. The normalized spacial score (nSPS) is 18.0. The predicted octanol–water partition coefficient (Wildman–Crippen LogP) is 3.48. The lowest BCUT2D eigenvalue weighted by Crippen LogP contribution is -2.17. The molecule has 0 spiro atoms. The molecule has 0 bridgehead atoms. The Kier molecular flexibility index (Phi) is 3.54. The van der Waals surface area contributed by atoms with Gasteiger partial charge in [-0.15, -0.1) is 0 Å². The van der Waals surface area contributed by atoms with E-state index in [1.165, 1.54) is 11.8 Å². The molecule has 0 atom stereocenters. The molecule has 0 radical (unpaired) electrons. The topological polar surface area (TPSA) is 29.1 Å². The van der Waals surface area contributed by atoms with Gasteiger partial charge in [-0.3, -0.25) is 4.79 Å². The second-order valence-electron chi connectivity index (χ2n) is 3.00. The lowest BCUT2D eigenvalue weighted by molar-refractivity contribution is -0.115. The first kappa shape index (κ1) is 11.9. The Morgan fingerprint density at radius 2 is 2.12 bits per heavy atom. The molecule has 16 heavy (non-hydrogen) atoms. The maximum atomic E-state index is 11.4. The second kappa shape index (κ2) is 4.75. The maximum Gasteiger partial charge on any atom is 0.263 e. The molecule has 2 rings (SSSR count). The summed E-state index contributed by atoms with van der Waals surface area (Å²) in [5.41, 5.74) is 0.705. The largest absolute Gasteiger partial charge is 0.307 e. The van der Waals surface area contributed by atoms with E-state index in [2.05, 4.69) is 5.32 Å². The molecule has 1 heterocycles. The Balaban J connectivity index is 2.40. The summed E-state index contributed by atoms with van der Waals surface area (Å²) in [5.74, 6) is -0.203. The van der Waals surface area contributed by atoms with Crippen LogP contribution in [0.3, 0.4) is 0 Å². The van der Waals surface area contributed by atoms with Crippen LogP contribution in [-0.4, -0.2) is 10.2 Å². The lowest BCUT2D eigenvalue weighted by Gasteiger charge is -2.00. The van der Waals surface area contributed by atoms with Crippen molar-refractivity contribution in [2.24, 2.45) is 0 Å². The minimum absolute atomic E-state index is 0.203. The van der Waals surface area contributed by atoms with E-state index in [9.17, 15) is 4.79 Å². The maximum absolute atomic E-state index is 11.4. The van der Waals surface area contributed by atoms with Crippen molar-refractivity contribution in [2.75, 3.05) is 0 Å². The SMILES string of the molecule is O=C1NC(=S)S/C1=C\c1cccc(Cl)c1Cl. The number of carbonyl (C=O) groups is 1. The molecule has 0 saturated carbocycles. The first-order valence-electron chi connectivity index (χ1n) is 4.27. The molecular formula is C10H5Cl2NOS2. The van der Waals surface area contributed by atoms with Crippen LogP contribution in [0.25, 0.3) is 6.08 Å². The van der Waals surface area contributed by atoms with Gasteiger partial charge in [-0.25, -0.2) is 0 Å². The summed E-state index contributed by atoms with van der Waals surface area (Å²) in [6, 6.07) is 5.26. The highest BCUT2D eigenvalue weighted by molar-refractivity contribution is 8.26. The van der Waals surface area contributed by atoms with E-state index in [1.807, 2.05) is 0 Å². The number of thiocarbonyl (C=S) groups is 1. The molecule has 1 fully saturated rings. The third-order valence-electron chi connectivity index (χ3n) is 1.91. The van der Waals surface area contributed by atoms with Crippen LogP contribution in [0.2, 0.25) is 10.0 Å². The zero-order chi connectivity index (χ0) is 11.7. The summed E-state index contributed by atoms with van der Waals surface area (Å²) in [6.07, 6.45) is 1.67. The van der Waals surface area contributed by atoms with Crippen LogP contribution < -0.4 is 5.32 Å². The van der Waals surface area contributed by atoms with Gasteiger partial charge < -0.3 is 5.32 Å². The van der Waals surface area contributed by atoms with Crippen molar-refractivity contribution in [2.45, 2.75) is 0 Å². The molecule has 2 nitrogen and oxygen atoms in total. The number of hydrogen-bond donors (Lipinski definition) is 1. The van der Waals surface area contributed by atoms with E-state index in [0.29, 0.717) is 24.8 Å². The molecule has 1 saturated heterocycles. The fraction of sp³-hybridized carbons (Fsp3) is 0. The lowest BCUT2D eigenvalue weighted by atomic mass is 10.2. The standard InChI is InChI=1S/C10H5Cl2NOS2/c11-6-3-1-2-5(8(6)12)4-7-9(14)13-10(15)16-7/h1-4H,(H,13,14,15)/b7-4-. The highest BCUT2D eigenvalue weighted by atomic mass is 35.5. The number of amides is 1. The van der Waals surface area contributed by atoms with Crippen molar-refractivity contribution in [3.05, 3.63) is 38.7 Å². The van der Waals surface area contributed by atoms with Crippen molar-refractivity contribution in [3.8, 4) is 0 Å². The number of hydrogen-bond acceptors (Lipinski definition) is 3. The molecule has 6 heteroatoms. The van der Waals surface area contributed by atoms with Gasteiger partial charge in [0.15, 0.2) is 0 Å². The Hall–Kier alpha value is -0.550. The van der Waals surface area contributed by atoms with Crippen LogP contribution in [0.15, 0.2) is 23.1 Å².